The Hall–Kier alpha value is -2.35. The van der Waals surface area contributed by atoms with Gasteiger partial charge in [0.05, 0.1) is 0 Å². The van der Waals surface area contributed by atoms with E-state index in [1.165, 1.54) is 12.1 Å². The molecule has 1 fully saturated rings. The van der Waals surface area contributed by atoms with Crippen LogP contribution in [0.2, 0.25) is 0 Å². The van der Waals surface area contributed by atoms with Gasteiger partial charge in [0.25, 0.3) is 0 Å². The number of ether oxygens (including phenoxy) is 1. The maximum Gasteiger partial charge on any atom is 0.410 e. The molecule has 26 heavy (non-hydrogen) atoms. The van der Waals surface area contributed by atoms with Gasteiger partial charge in [0.2, 0.25) is 0 Å². The fourth-order valence-electron chi connectivity index (χ4n) is 2.91. The summed E-state index contributed by atoms with van der Waals surface area (Å²) in [5.41, 5.74) is 0.111. The predicted octanol–water partition coefficient (Wildman–Crippen LogP) is 3.80. The SMILES string of the molecule is CC(C)(C)OC(=O)N1CCN(c2cc(F)cc3sc(C(=O)O)cc23)CC1. The number of hydrogen-bond acceptors (Lipinski definition) is 5. The van der Waals surface area contributed by atoms with E-state index in [1.54, 1.807) is 11.0 Å². The lowest BCUT2D eigenvalue weighted by Crippen LogP contribution is -2.50. The Balaban J connectivity index is 1.79. The van der Waals surface area contributed by atoms with Gasteiger partial charge in [-0.3, -0.25) is 0 Å². The normalized spacial score (nSPS) is 15.4. The first-order valence-electron chi connectivity index (χ1n) is 8.33. The lowest BCUT2D eigenvalue weighted by Gasteiger charge is -2.37. The van der Waals surface area contributed by atoms with Crippen LogP contribution in [0.15, 0.2) is 18.2 Å². The Bertz CT molecular complexity index is 851. The van der Waals surface area contributed by atoms with Crippen LogP contribution < -0.4 is 4.90 Å². The van der Waals surface area contributed by atoms with Gasteiger partial charge >= 0.3 is 12.1 Å². The van der Waals surface area contributed by atoms with E-state index in [4.69, 9.17) is 4.74 Å². The molecule has 1 aromatic carbocycles. The summed E-state index contributed by atoms with van der Waals surface area (Å²) in [6.45, 7) is 7.43. The minimum Gasteiger partial charge on any atom is -0.477 e. The van der Waals surface area contributed by atoms with E-state index in [1.807, 2.05) is 25.7 Å². The third-order valence-electron chi connectivity index (χ3n) is 4.06. The van der Waals surface area contributed by atoms with Crippen molar-refractivity contribution in [3.05, 3.63) is 28.9 Å². The third kappa shape index (κ3) is 3.90. The number of carbonyl (C=O) groups is 2. The van der Waals surface area contributed by atoms with Crippen molar-refractivity contribution in [2.24, 2.45) is 0 Å². The van der Waals surface area contributed by atoms with E-state index in [0.29, 0.717) is 36.6 Å². The maximum atomic E-state index is 14.0. The van der Waals surface area contributed by atoms with Gasteiger partial charge < -0.3 is 19.6 Å². The topological polar surface area (TPSA) is 70.1 Å². The summed E-state index contributed by atoms with van der Waals surface area (Å²) in [4.78, 5) is 27.2. The maximum absolute atomic E-state index is 14.0. The van der Waals surface area contributed by atoms with Crippen LogP contribution in [0.1, 0.15) is 30.4 Å². The summed E-state index contributed by atoms with van der Waals surface area (Å²) in [5, 5.41) is 9.91. The summed E-state index contributed by atoms with van der Waals surface area (Å²) >= 11 is 1.06. The van der Waals surface area contributed by atoms with Crippen LogP contribution in [0, 0.1) is 5.82 Å². The van der Waals surface area contributed by atoms with Crippen LogP contribution in [0.3, 0.4) is 0 Å². The van der Waals surface area contributed by atoms with Crippen molar-refractivity contribution in [2.75, 3.05) is 31.1 Å². The van der Waals surface area contributed by atoms with Crippen LogP contribution in [-0.4, -0.2) is 53.8 Å². The Morgan fingerprint density at radius 3 is 2.38 bits per heavy atom. The number of carboxylic acid groups (broad SMARTS) is 1. The summed E-state index contributed by atoms with van der Waals surface area (Å²) in [7, 11) is 0. The number of thiophene rings is 1. The Labute approximate surface area is 154 Å². The average molecular weight is 380 g/mol. The highest BCUT2D eigenvalue weighted by atomic mass is 32.1. The Morgan fingerprint density at radius 1 is 1.15 bits per heavy atom. The van der Waals surface area contributed by atoms with E-state index < -0.39 is 17.4 Å². The second-order valence-electron chi connectivity index (χ2n) is 7.21. The molecular formula is C18H21FN2O4S. The molecule has 0 radical (unpaired) electrons. The molecule has 1 N–H and O–H groups in total. The number of benzene rings is 1. The van der Waals surface area contributed by atoms with Crippen LogP contribution in [-0.2, 0) is 4.74 Å². The second kappa shape index (κ2) is 6.75. The van der Waals surface area contributed by atoms with Crippen molar-refractivity contribution >= 4 is 39.2 Å². The van der Waals surface area contributed by atoms with Crippen molar-refractivity contribution in [1.82, 2.24) is 4.90 Å². The molecule has 0 aliphatic carbocycles. The second-order valence-corrected chi connectivity index (χ2v) is 8.29. The monoisotopic (exact) mass is 380 g/mol. The Kier molecular flexibility index (Phi) is 4.79. The lowest BCUT2D eigenvalue weighted by molar-refractivity contribution is 0.0240. The molecule has 3 rings (SSSR count). The summed E-state index contributed by atoms with van der Waals surface area (Å²) in [6, 6.07) is 4.36. The molecule has 6 nitrogen and oxygen atoms in total. The minimum absolute atomic E-state index is 0.180. The molecule has 0 spiro atoms. The highest BCUT2D eigenvalue weighted by Crippen LogP contribution is 2.35. The molecule has 0 atom stereocenters. The quantitative estimate of drug-likeness (QED) is 0.858. The first-order valence-corrected chi connectivity index (χ1v) is 9.15. The van der Waals surface area contributed by atoms with Gasteiger partial charge in [0.1, 0.15) is 16.3 Å². The lowest BCUT2D eigenvalue weighted by atomic mass is 10.1. The molecule has 2 aromatic rings. The number of fused-ring (bicyclic) bond motifs is 1. The van der Waals surface area contributed by atoms with Crippen molar-refractivity contribution in [3.8, 4) is 0 Å². The van der Waals surface area contributed by atoms with Crippen LogP contribution >= 0.6 is 11.3 Å². The third-order valence-corrected chi connectivity index (χ3v) is 5.13. The molecule has 1 aliphatic rings. The zero-order chi connectivity index (χ0) is 19.1. The van der Waals surface area contributed by atoms with Crippen molar-refractivity contribution < 1.29 is 23.8 Å². The van der Waals surface area contributed by atoms with Gasteiger partial charge in [0.15, 0.2) is 0 Å². The molecule has 1 aliphatic heterocycles. The van der Waals surface area contributed by atoms with E-state index in [2.05, 4.69) is 0 Å². The van der Waals surface area contributed by atoms with Gasteiger partial charge in [-0.25, -0.2) is 14.0 Å². The van der Waals surface area contributed by atoms with Crippen molar-refractivity contribution in [1.29, 1.82) is 0 Å². The molecule has 0 bridgehead atoms. The predicted molar refractivity (Wildman–Crippen MR) is 98.8 cm³/mol. The number of rotatable bonds is 2. The molecule has 2 heterocycles. The molecular weight excluding hydrogens is 359 g/mol. The zero-order valence-electron chi connectivity index (χ0n) is 14.9. The number of piperazine rings is 1. The standard InChI is InChI=1S/C18H21FN2O4S/c1-18(2,3)25-17(24)21-6-4-20(5-7-21)13-8-11(19)9-14-12(13)10-15(26-14)16(22)23/h8-10H,4-7H2,1-3H3,(H,22,23). The number of nitrogens with zero attached hydrogens (tertiary/aromatic N) is 2. The van der Waals surface area contributed by atoms with E-state index >= 15 is 0 Å². The molecule has 140 valence electrons. The van der Waals surface area contributed by atoms with Gasteiger partial charge in [-0.05, 0) is 39.0 Å². The van der Waals surface area contributed by atoms with Crippen molar-refractivity contribution in [3.63, 3.8) is 0 Å². The fourth-order valence-corrected chi connectivity index (χ4v) is 3.86. The van der Waals surface area contributed by atoms with Gasteiger partial charge in [0, 0.05) is 42.0 Å². The number of halogens is 1. The summed E-state index contributed by atoms with van der Waals surface area (Å²) in [6.07, 6.45) is -0.356. The van der Waals surface area contributed by atoms with Crippen LogP contribution in [0.25, 0.3) is 10.1 Å². The molecule has 1 aromatic heterocycles. The molecule has 1 saturated heterocycles. The van der Waals surface area contributed by atoms with E-state index in [9.17, 15) is 19.1 Å². The van der Waals surface area contributed by atoms with E-state index in [-0.39, 0.29) is 11.0 Å². The number of carbonyl (C=O) groups excluding carboxylic acids is 1. The van der Waals surface area contributed by atoms with Gasteiger partial charge in [-0.2, -0.15) is 0 Å². The number of carboxylic acids is 1. The average Bonchev–Trinajstić information content (AvgIpc) is 2.96. The minimum atomic E-state index is -1.02. The number of aromatic carboxylic acids is 1. The van der Waals surface area contributed by atoms with Crippen LogP contribution in [0.4, 0.5) is 14.9 Å². The molecule has 8 heteroatoms. The first-order chi connectivity index (χ1) is 12.1. The molecule has 0 saturated carbocycles. The van der Waals surface area contributed by atoms with Crippen LogP contribution in [0.5, 0.6) is 0 Å². The molecule has 0 unspecified atom stereocenters. The smallest absolute Gasteiger partial charge is 0.410 e. The summed E-state index contributed by atoms with van der Waals surface area (Å²) < 4.78 is 20.0. The Morgan fingerprint density at radius 2 is 1.81 bits per heavy atom. The van der Waals surface area contributed by atoms with Crippen molar-refractivity contribution in [2.45, 2.75) is 26.4 Å². The highest BCUT2D eigenvalue weighted by Gasteiger charge is 2.27. The first kappa shape index (κ1) is 18.4. The number of anilines is 1. The zero-order valence-corrected chi connectivity index (χ0v) is 15.7. The number of amides is 1. The van der Waals surface area contributed by atoms with Gasteiger partial charge in [-0.1, -0.05) is 0 Å². The van der Waals surface area contributed by atoms with Gasteiger partial charge in [-0.15, -0.1) is 11.3 Å². The fraction of sp³-hybridized carbons (Fsp3) is 0.444. The summed E-state index contributed by atoms with van der Waals surface area (Å²) in [5.74, 6) is -1.42. The molecule has 1 amide bonds. The largest absolute Gasteiger partial charge is 0.477 e. The highest BCUT2D eigenvalue weighted by molar-refractivity contribution is 7.20. The number of hydrogen-bond donors (Lipinski definition) is 1. The van der Waals surface area contributed by atoms with E-state index in [0.717, 1.165) is 16.7 Å².